The van der Waals surface area contributed by atoms with Gasteiger partial charge in [0.05, 0.1) is 6.42 Å². The van der Waals surface area contributed by atoms with Crippen molar-refractivity contribution in [3.8, 4) is 0 Å². The number of hydrogen-bond donors (Lipinski definition) is 1. The molecule has 0 radical (unpaired) electrons. The molecule has 0 bridgehead atoms. The number of amides is 1. The molecule has 1 N–H and O–H groups in total. The lowest BCUT2D eigenvalue weighted by atomic mass is 10.1. The highest BCUT2D eigenvalue weighted by molar-refractivity contribution is 5.78. The third-order valence-electron chi connectivity index (χ3n) is 2.16. The van der Waals surface area contributed by atoms with E-state index in [9.17, 15) is 9.18 Å². The Morgan fingerprint density at radius 3 is 2.80 bits per heavy atom. The van der Waals surface area contributed by atoms with E-state index in [4.69, 9.17) is 0 Å². The smallest absolute Gasteiger partial charge is 0.224 e. The van der Waals surface area contributed by atoms with Gasteiger partial charge >= 0.3 is 0 Å². The van der Waals surface area contributed by atoms with Crippen LogP contribution in [-0.4, -0.2) is 12.5 Å². The molecule has 0 saturated heterocycles. The van der Waals surface area contributed by atoms with Crippen molar-refractivity contribution in [2.24, 2.45) is 0 Å². The molecule has 1 amide bonds. The van der Waals surface area contributed by atoms with Gasteiger partial charge in [-0.3, -0.25) is 4.79 Å². The molecule has 15 heavy (non-hydrogen) atoms. The number of nitrogens with one attached hydrogen (secondary N) is 1. The van der Waals surface area contributed by atoms with Crippen LogP contribution in [0, 0.1) is 5.82 Å². The maximum atomic E-state index is 13.2. The minimum Gasteiger partial charge on any atom is -0.356 e. The molecule has 0 aromatic heterocycles. The van der Waals surface area contributed by atoms with Crippen molar-refractivity contribution in [2.75, 3.05) is 6.54 Å². The number of benzene rings is 1. The van der Waals surface area contributed by atoms with Crippen LogP contribution in [0.15, 0.2) is 24.3 Å². The molecule has 2 nitrogen and oxygen atoms in total. The summed E-state index contributed by atoms with van der Waals surface area (Å²) >= 11 is 0. The molecule has 1 aromatic carbocycles. The minimum atomic E-state index is -0.317. The van der Waals surface area contributed by atoms with Crippen molar-refractivity contribution >= 4 is 5.91 Å². The fraction of sp³-hybridized carbons (Fsp3) is 0.417. The van der Waals surface area contributed by atoms with Crippen molar-refractivity contribution < 1.29 is 9.18 Å². The molecule has 0 spiro atoms. The Hall–Kier alpha value is -1.38. The van der Waals surface area contributed by atoms with Gasteiger partial charge in [0.25, 0.3) is 0 Å². The summed E-state index contributed by atoms with van der Waals surface area (Å²) < 4.78 is 13.2. The van der Waals surface area contributed by atoms with E-state index < -0.39 is 0 Å². The number of halogens is 1. The van der Waals surface area contributed by atoms with E-state index in [0.29, 0.717) is 12.1 Å². The Labute approximate surface area is 89.5 Å². The summed E-state index contributed by atoms with van der Waals surface area (Å²) in [5.74, 6) is -0.434. The normalized spacial score (nSPS) is 10.0. The average molecular weight is 209 g/mol. The molecule has 0 heterocycles. The fourth-order valence-corrected chi connectivity index (χ4v) is 1.28. The lowest BCUT2D eigenvalue weighted by Gasteiger charge is -2.04. The van der Waals surface area contributed by atoms with Gasteiger partial charge in [-0.05, 0) is 18.1 Å². The second kappa shape index (κ2) is 6.17. The van der Waals surface area contributed by atoms with Crippen LogP contribution >= 0.6 is 0 Å². The minimum absolute atomic E-state index is 0.117. The molecule has 82 valence electrons. The third kappa shape index (κ3) is 4.11. The van der Waals surface area contributed by atoms with Crippen LogP contribution < -0.4 is 5.32 Å². The molecule has 0 aliphatic heterocycles. The predicted octanol–water partition coefficient (Wildman–Crippen LogP) is 2.28. The number of carbonyl (C=O) groups is 1. The maximum Gasteiger partial charge on any atom is 0.224 e. The first-order valence-corrected chi connectivity index (χ1v) is 5.24. The summed E-state index contributed by atoms with van der Waals surface area (Å²) in [6.07, 6.45) is 2.12. The highest BCUT2D eigenvalue weighted by Crippen LogP contribution is 2.06. The van der Waals surface area contributed by atoms with E-state index in [2.05, 4.69) is 12.2 Å². The van der Waals surface area contributed by atoms with Gasteiger partial charge in [-0.15, -0.1) is 0 Å². The quantitative estimate of drug-likeness (QED) is 0.741. The largest absolute Gasteiger partial charge is 0.356 e. The van der Waals surface area contributed by atoms with Crippen LogP contribution in [0.4, 0.5) is 4.39 Å². The second-order valence-corrected chi connectivity index (χ2v) is 3.47. The predicted molar refractivity (Wildman–Crippen MR) is 58.0 cm³/mol. The standard InChI is InChI=1S/C12H16FNO/c1-2-3-8-14-12(15)9-10-6-4-5-7-11(10)13/h4-7H,2-3,8-9H2,1H3,(H,14,15). The van der Waals surface area contributed by atoms with Crippen LogP contribution in [0.25, 0.3) is 0 Å². The highest BCUT2D eigenvalue weighted by Gasteiger charge is 2.06. The fourth-order valence-electron chi connectivity index (χ4n) is 1.28. The van der Waals surface area contributed by atoms with E-state index in [1.54, 1.807) is 18.2 Å². The van der Waals surface area contributed by atoms with Crippen molar-refractivity contribution in [3.63, 3.8) is 0 Å². The maximum absolute atomic E-state index is 13.2. The number of hydrogen-bond acceptors (Lipinski definition) is 1. The summed E-state index contributed by atoms with van der Waals surface area (Å²) in [6.45, 7) is 2.73. The molecule has 0 fully saturated rings. The Morgan fingerprint density at radius 2 is 2.13 bits per heavy atom. The molecule has 3 heteroatoms. The molecule has 0 saturated carbocycles. The van der Waals surface area contributed by atoms with E-state index in [0.717, 1.165) is 12.8 Å². The zero-order chi connectivity index (χ0) is 11.1. The SMILES string of the molecule is CCCCNC(=O)Cc1ccccc1F. The summed E-state index contributed by atoms with van der Waals surface area (Å²) in [4.78, 5) is 11.4. The van der Waals surface area contributed by atoms with Gasteiger partial charge in [-0.25, -0.2) is 4.39 Å². The van der Waals surface area contributed by atoms with Crippen molar-refractivity contribution in [1.29, 1.82) is 0 Å². The molecule has 0 aliphatic rings. The highest BCUT2D eigenvalue weighted by atomic mass is 19.1. The second-order valence-electron chi connectivity index (χ2n) is 3.47. The summed E-state index contributed by atoms with van der Waals surface area (Å²) in [7, 11) is 0. The Bertz CT molecular complexity index is 325. The summed E-state index contributed by atoms with van der Waals surface area (Å²) in [5, 5.41) is 2.75. The van der Waals surface area contributed by atoms with Gasteiger partial charge in [0.2, 0.25) is 5.91 Å². The van der Waals surface area contributed by atoms with Gasteiger partial charge < -0.3 is 5.32 Å². The van der Waals surface area contributed by atoms with Crippen LogP contribution in [0.5, 0.6) is 0 Å². The molecular weight excluding hydrogens is 193 g/mol. The summed E-state index contributed by atoms with van der Waals surface area (Å²) in [5.41, 5.74) is 0.450. The molecule has 0 atom stereocenters. The number of unbranched alkanes of at least 4 members (excludes halogenated alkanes) is 1. The first-order chi connectivity index (χ1) is 7.24. The van der Waals surface area contributed by atoms with Gasteiger partial charge in [0.1, 0.15) is 5.82 Å². The Morgan fingerprint density at radius 1 is 1.40 bits per heavy atom. The van der Waals surface area contributed by atoms with E-state index in [1.165, 1.54) is 6.07 Å². The van der Waals surface area contributed by atoms with Gasteiger partial charge in [-0.2, -0.15) is 0 Å². The van der Waals surface area contributed by atoms with Crippen LogP contribution in [0.1, 0.15) is 25.3 Å². The van der Waals surface area contributed by atoms with Crippen LogP contribution in [0.2, 0.25) is 0 Å². The first-order valence-electron chi connectivity index (χ1n) is 5.24. The van der Waals surface area contributed by atoms with Crippen molar-refractivity contribution in [1.82, 2.24) is 5.32 Å². The van der Waals surface area contributed by atoms with Gasteiger partial charge in [0.15, 0.2) is 0 Å². The lowest BCUT2D eigenvalue weighted by molar-refractivity contribution is -0.120. The van der Waals surface area contributed by atoms with Crippen LogP contribution in [0.3, 0.4) is 0 Å². The van der Waals surface area contributed by atoms with Crippen molar-refractivity contribution in [2.45, 2.75) is 26.2 Å². The zero-order valence-electron chi connectivity index (χ0n) is 8.92. The van der Waals surface area contributed by atoms with Gasteiger partial charge in [0, 0.05) is 6.54 Å². The first kappa shape index (κ1) is 11.7. The summed E-state index contributed by atoms with van der Waals surface area (Å²) in [6, 6.07) is 6.36. The van der Waals surface area contributed by atoms with Crippen LogP contribution in [-0.2, 0) is 11.2 Å². The molecule has 1 rings (SSSR count). The molecule has 0 unspecified atom stereocenters. The average Bonchev–Trinajstić information content (AvgIpc) is 2.22. The topological polar surface area (TPSA) is 29.1 Å². The number of carbonyl (C=O) groups excluding carboxylic acids is 1. The number of rotatable bonds is 5. The Kier molecular flexibility index (Phi) is 4.81. The lowest BCUT2D eigenvalue weighted by Crippen LogP contribution is -2.26. The van der Waals surface area contributed by atoms with E-state index >= 15 is 0 Å². The zero-order valence-corrected chi connectivity index (χ0v) is 8.92. The molecular formula is C12H16FNO. The third-order valence-corrected chi connectivity index (χ3v) is 2.16. The Balaban J connectivity index is 2.41. The monoisotopic (exact) mass is 209 g/mol. The van der Waals surface area contributed by atoms with Crippen molar-refractivity contribution in [3.05, 3.63) is 35.6 Å². The molecule has 1 aromatic rings. The van der Waals surface area contributed by atoms with E-state index in [1.807, 2.05) is 0 Å². The van der Waals surface area contributed by atoms with E-state index in [-0.39, 0.29) is 18.1 Å². The molecule has 0 aliphatic carbocycles. The van der Waals surface area contributed by atoms with Gasteiger partial charge in [-0.1, -0.05) is 31.5 Å².